The zero-order chi connectivity index (χ0) is 17.5. The van der Waals surface area contributed by atoms with Gasteiger partial charge in [0.15, 0.2) is 0 Å². The fourth-order valence-electron chi connectivity index (χ4n) is 3.19. The lowest BCUT2D eigenvalue weighted by molar-refractivity contribution is -0.128. The predicted octanol–water partition coefficient (Wildman–Crippen LogP) is 3.90. The van der Waals surface area contributed by atoms with E-state index in [1.165, 1.54) is 0 Å². The first-order valence-electron chi connectivity index (χ1n) is 9.11. The Morgan fingerprint density at radius 1 is 1.04 bits per heavy atom. The largest absolute Gasteiger partial charge is 0.356 e. The topological polar surface area (TPSA) is 58.2 Å². The third kappa shape index (κ3) is 5.36. The molecule has 24 heavy (non-hydrogen) atoms. The van der Waals surface area contributed by atoms with E-state index in [1.807, 2.05) is 31.2 Å². The van der Waals surface area contributed by atoms with E-state index in [9.17, 15) is 9.59 Å². The molecule has 2 amide bonds. The van der Waals surface area contributed by atoms with Crippen LogP contribution in [0.4, 0.5) is 5.69 Å². The third-order valence-electron chi connectivity index (χ3n) is 4.89. The summed E-state index contributed by atoms with van der Waals surface area (Å²) in [5.41, 5.74) is 1.96. The fraction of sp³-hybridized carbons (Fsp3) is 0.600. The molecule has 0 bridgehead atoms. The molecule has 0 spiro atoms. The second-order valence-corrected chi connectivity index (χ2v) is 7.33. The molecule has 0 atom stereocenters. The minimum absolute atomic E-state index is 0.0179. The van der Waals surface area contributed by atoms with Gasteiger partial charge in [0.1, 0.15) is 0 Å². The molecule has 2 rings (SSSR count). The second-order valence-electron chi connectivity index (χ2n) is 7.33. The first-order valence-corrected chi connectivity index (χ1v) is 9.11. The number of benzene rings is 1. The van der Waals surface area contributed by atoms with Crippen molar-refractivity contribution in [1.82, 2.24) is 5.32 Å². The number of rotatable bonds is 6. The van der Waals surface area contributed by atoms with E-state index >= 15 is 0 Å². The van der Waals surface area contributed by atoms with Crippen LogP contribution in [0.25, 0.3) is 0 Å². The maximum Gasteiger partial charge on any atom is 0.227 e. The summed E-state index contributed by atoms with van der Waals surface area (Å²) in [5.74, 6) is 0.937. The van der Waals surface area contributed by atoms with Crippen molar-refractivity contribution in [3.63, 3.8) is 0 Å². The molecule has 2 N–H and O–H groups in total. The molecule has 1 aliphatic carbocycles. The highest BCUT2D eigenvalue weighted by atomic mass is 16.2. The van der Waals surface area contributed by atoms with E-state index in [-0.39, 0.29) is 23.7 Å². The highest BCUT2D eigenvalue weighted by Crippen LogP contribution is 2.30. The van der Waals surface area contributed by atoms with Crippen LogP contribution < -0.4 is 10.6 Å². The first kappa shape index (κ1) is 18.5. The van der Waals surface area contributed by atoms with Crippen LogP contribution in [-0.4, -0.2) is 18.4 Å². The van der Waals surface area contributed by atoms with Gasteiger partial charge < -0.3 is 10.6 Å². The summed E-state index contributed by atoms with van der Waals surface area (Å²) in [6, 6.07) is 7.82. The van der Waals surface area contributed by atoms with Gasteiger partial charge in [0.25, 0.3) is 0 Å². The van der Waals surface area contributed by atoms with Crippen LogP contribution in [0.2, 0.25) is 0 Å². The molecule has 1 aromatic rings. The summed E-state index contributed by atoms with van der Waals surface area (Å²) >= 11 is 0. The Hall–Kier alpha value is -1.84. The highest BCUT2D eigenvalue weighted by Gasteiger charge is 2.29. The summed E-state index contributed by atoms with van der Waals surface area (Å²) in [4.78, 5) is 24.6. The number of hydrogen-bond acceptors (Lipinski definition) is 2. The van der Waals surface area contributed by atoms with Crippen molar-refractivity contribution >= 4 is 17.5 Å². The number of para-hydroxylation sites is 1. The molecule has 0 saturated heterocycles. The van der Waals surface area contributed by atoms with Crippen LogP contribution in [0, 0.1) is 24.7 Å². The van der Waals surface area contributed by atoms with Gasteiger partial charge in [-0.3, -0.25) is 9.59 Å². The van der Waals surface area contributed by atoms with Gasteiger partial charge >= 0.3 is 0 Å². The van der Waals surface area contributed by atoms with Gasteiger partial charge in [-0.25, -0.2) is 0 Å². The van der Waals surface area contributed by atoms with Crippen molar-refractivity contribution in [2.45, 2.75) is 52.9 Å². The van der Waals surface area contributed by atoms with Crippen molar-refractivity contribution in [3.05, 3.63) is 29.8 Å². The standard InChI is InChI=1S/C20H30N2O2/c1-14(2)12-13-21-19(23)16-8-10-17(11-9-16)20(24)22-18-7-5-4-6-15(18)3/h4-7,14,16-17H,8-13H2,1-3H3,(H,21,23)(H,22,24). The lowest BCUT2D eigenvalue weighted by Crippen LogP contribution is -2.36. The quantitative estimate of drug-likeness (QED) is 0.831. The molecule has 4 nitrogen and oxygen atoms in total. The van der Waals surface area contributed by atoms with Crippen LogP contribution in [0.15, 0.2) is 24.3 Å². The Morgan fingerprint density at radius 3 is 2.21 bits per heavy atom. The van der Waals surface area contributed by atoms with Crippen LogP contribution in [0.3, 0.4) is 0 Å². The van der Waals surface area contributed by atoms with Gasteiger partial charge in [-0.1, -0.05) is 32.0 Å². The lowest BCUT2D eigenvalue weighted by Gasteiger charge is -2.27. The number of aryl methyl sites for hydroxylation is 1. The molecule has 0 unspecified atom stereocenters. The number of anilines is 1. The predicted molar refractivity (Wildman–Crippen MR) is 97.7 cm³/mol. The average Bonchev–Trinajstić information content (AvgIpc) is 2.56. The van der Waals surface area contributed by atoms with Crippen LogP contribution in [-0.2, 0) is 9.59 Å². The van der Waals surface area contributed by atoms with Crippen molar-refractivity contribution in [3.8, 4) is 0 Å². The molecule has 132 valence electrons. The molecule has 0 aromatic heterocycles. The number of carbonyl (C=O) groups excluding carboxylic acids is 2. The molecule has 1 aliphatic rings. The summed E-state index contributed by atoms with van der Waals surface area (Å²) < 4.78 is 0. The zero-order valence-corrected chi connectivity index (χ0v) is 15.1. The number of carbonyl (C=O) groups is 2. The van der Waals surface area contributed by atoms with E-state index < -0.39 is 0 Å². The van der Waals surface area contributed by atoms with Gasteiger partial charge in [-0.15, -0.1) is 0 Å². The maximum absolute atomic E-state index is 12.4. The third-order valence-corrected chi connectivity index (χ3v) is 4.89. The van der Waals surface area contributed by atoms with Crippen molar-refractivity contribution < 1.29 is 9.59 Å². The monoisotopic (exact) mass is 330 g/mol. The van der Waals surface area contributed by atoms with Crippen LogP contribution >= 0.6 is 0 Å². The van der Waals surface area contributed by atoms with Gasteiger partial charge in [0.2, 0.25) is 11.8 Å². The van der Waals surface area contributed by atoms with Gasteiger partial charge in [-0.05, 0) is 56.6 Å². The normalized spacial score (nSPS) is 20.7. The van der Waals surface area contributed by atoms with Crippen LogP contribution in [0.5, 0.6) is 0 Å². The molecule has 1 saturated carbocycles. The second kappa shape index (κ2) is 8.86. The molecule has 0 aliphatic heterocycles. The number of nitrogens with one attached hydrogen (secondary N) is 2. The molecule has 0 radical (unpaired) electrons. The minimum atomic E-state index is 0.0179. The van der Waals surface area contributed by atoms with E-state index in [0.29, 0.717) is 5.92 Å². The maximum atomic E-state index is 12.4. The first-order chi connectivity index (χ1) is 11.5. The zero-order valence-electron chi connectivity index (χ0n) is 15.1. The van der Waals surface area contributed by atoms with Gasteiger partial charge in [-0.2, -0.15) is 0 Å². The number of hydrogen-bond donors (Lipinski definition) is 2. The van der Waals surface area contributed by atoms with Crippen molar-refractivity contribution in [1.29, 1.82) is 0 Å². The summed E-state index contributed by atoms with van der Waals surface area (Å²) in [5, 5.41) is 6.07. The summed E-state index contributed by atoms with van der Waals surface area (Å²) in [6.07, 6.45) is 4.21. The number of amides is 2. The Balaban J connectivity index is 1.76. The Morgan fingerprint density at radius 2 is 1.62 bits per heavy atom. The van der Waals surface area contributed by atoms with E-state index in [0.717, 1.165) is 49.9 Å². The van der Waals surface area contributed by atoms with Crippen molar-refractivity contribution in [2.75, 3.05) is 11.9 Å². The summed E-state index contributed by atoms with van der Waals surface area (Å²) in [7, 11) is 0. The lowest BCUT2D eigenvalue weighted by atomic mass is 9.81. The van der Waals surface area contributed by atoms with Crippen molar-refractivity contribution in [2.24, 2.45) is 17.8 Å². The van der Waals surface area contributed by atoms with Gasteiger partial charge in [0.05, 0.1) is 0 Å². The fourth-order valence-corrected chi connectivity index (χ4v) is 3.19. The minimum Gasteiger partial charge on any atom is -0.356 e. The molecular weight excluding hydrogens is 300 g/mol. The molecule has 0 heterocycles. The molecule has 1 fully saturated rings. The Kier molecular flexibility index (Phi) is 6.83. The molecule has 1 aromatic carbocycles. The van der Waals surface area contributed by atoms with E-state index in [2.05, 4.69) is 24.5 Å². The SMILES string of the molecule is Cc1ccccc1NC(=O)C1CCC(C(=O)NCCC(C)C)CC1. The highest BCUT2D eigenvalue weighted by molar-refractivity contribution is 5.93. The van der Waals surface area contributed by atoms with Crippen LogP contribution in [0.1, 0.15) is 51.5 Å². The average molecular weight is 330 g/mol. The van der Waals surface area contributed by atoms with Gasteiger partial charge in [0, 0.05) is 24.1 Å². The molecular formula is C20H30N2O2. The van der Waals surface area contributed by atoms with E-state index in [1.54, 1.807) is 0 Å². The molecule has 4 heteroatoms. The Bertz CT molecular complexity index is 561. The Labute approximate surface area is 145 Å². The summed E-state index contributed by atoms with van der Waals surface area (Å²) in [6.45, 7) is 7.06. The van der Waals surface area contributed by atoms with E-state index in [4.69, 9.17) is 0 Å². The smallest absolute Gasteiger partial charge is 0.227 e.